The molecule has 0 N–H and O–H groups in total. The van der Waals surface area contributed by atoms with E-state index in [0.717, 1.165) is 24.9 Å². The summed E-state index contributed by atoms with van der Waals surface area (Å²) in [6.45, 7) is 1.58. The summed E-state index contributed by atoms with van der Waals surface area (Å²) in [5, 5.41) is 11.4. The van der Waals surface area contributed by atoms with Gasteiger partial charge in [-0.2, -0.15) is 0 Å². The summed E-state index contributed by atoms with van der Waals surface area (Å²) in [5.41, 5.74) is 2.42. The highest BCUT2D eigenvalue weighted by Crippen LogP contribution is 2.43. The van der Waals surface area contributed by atoms with Gasteiger partial charge < -0.3 is 4.74 Å². The molecule has 1 saturated heterocycles. The van der Waals surface area contributed by atoms with E-state index in [1.807, 2.05) is 12.1 Å². The predicted octanol–water partition coefficient (Wildman–Crippen LogP) is 2.04. The van der Waals surface area contributed by atoms with Crippen LogP contribution in [-0.2, 0) is 11.2 Å². The fourth-order valence-electron chi connectivity index (χ4n) is 3.74. The fraction of sp³-hybridized carbons (Fsp3) is 0.600. The van der Waals surface area contributed by atoms with E-state index < -0.39 is 6.04 Å². The zero-order chi connectivity index (χ0) is 14.1. The van der Waals surface area contributed by atoms with E-state index in [4.69, 9.17) is 4.74 Å². The quantitative estimate of drug-likeness (QED) is 0.624. The first-order valence-electron chi connectivity index (χ1n) is 7.18. The van der Waals surface area contributed by atoms with Crippen LogP contribution in [0.5, 0.6) is 0 Å². The van der Waals surface area contributed by atoms with Crippen LogP contribution in [0, 0.1) is 10.1 Å². The van der Waals surface area contributed by atoms with E-state index in [-0.39, 0.29) is 17.0 Å². The third kappa shape index (κ3) is 2.21. The van der Waals surface area contributed by atoms with Gasteiger partial charge in [0, 0.05) is 37.6 Å². The molecule has 1 fully saturated rings. The average Bonchev–Trinajstić information content (AvgIpc) is 2.84. The number of nitro groups is 1. The molecule has 1 aromatic rings. The van der Waals surface area contributed by atoms with Gasteiger partial charge in [-0.15, -0.1) is 0 Å². The SMILES string of the molecule is COCC[C@@H]1C[C@@H]([N+](=O)[O-])[C@@H]2c3ccccc3CCN12. The summed E-state index contributed by atoms with van der Waals surface area (Å²) >= 11 is 0. The van der Waals surface area contributed by atoms with Crippen molar-refractivity contribution in [3.63, 3.8) is 0 Å². The Balaban J connectivity index is 1.92. The molecule has 5 nitrogen and oxygen atoms in total. The van der Waals surface area contributed by atoms with Gasteiger partial charge in [0.2, 0.25) is 6.04 Å². The summed E-state index contributed by atoms with van der Waals surface area (Å²) in [6.07, 6.45) is 2.50. The summed E-state index contributed by atoms with van der Waals surface area (Å²) < 4.78 is 5.15. The molecule has 3 rings (SSSR count). The molecule has 2 aliphatic heterocycles. The lowest BCUT2D eigenvalue weighted by Gasteiger charge is -2.35. The molecule has 0 bridgehead atoms. The van der Waals surface area contributed by atoms with Crippen LogP contribution in [0.3, 0.4) is 0 Å². The van der Waals surface area contributed by atoms with Crippen molar-refractivity contribution >= 4 is 0 Å². The van der Waals surface area contributed by atoms with E-state index >= 15 is 0 Å². The lowest BCUT2D eigenvalue weighted by molar-refractivity contribution is -0.526. The second-order valence-electron chi connectivity index (χ2n) is 5.66. The Kier molecular flexibility index (Phi) is 3.72. The Labute approximate surface area is 118 Å². The second kappa shape index (κ2) is 5.50. The molecule has 0 spiro atoms. The van der Waals surface area contributed by atoms with Gasteiger partial charge in [-0.05, 0) is 24.0 Å². The Morgan fingerprint density at radius 3 is 3.00 bits per heavy atom. The van der Waals surface area contributed by atoms with E-state index in [9.17, 15) is 10.1 Å². The van der Waals surface area contributed by atoms with Crippen molar-refractivity contribution in [1.29, 1.82) is 0 Å². The van der Waals surface area contributed by atoms with E-state index in [1.54, 1.807) is 7.11 Å². The van der Waals surface area contributed by atoms with Crippen LogP contribution in [-0.4, -0.2) is 42.2 Å². The molecule has 3 atom stereocenters. The Bertz CT molecular complexity index is 506. The minimum atomic E-state index is -0.488. The zero-order valence-corrected chi connectivity index (χ0v) is 11.7. The molecule has 0 aliphatic carbocycles. The third-order valence-corrected chi connectivity index (χ3v) is 4.64. The molecular weight excluding hydrogens is 256 g/mol. The van der Waals surface area contributed by atoms with Crippen molar-refractivity contribution in [2.45, 2.75) is 37.4 Å². The van der Waals surface area contributed by atoms with Crippen molar-refractivity contribution in [1.82, 2.24) is 4.90 Å². The van der Waals surface area contributed by atoms with Crippen LogP contribution < -0.4 is 0 Å². The molecular formula is C15H20N2O3. The monoisotopic (exact) mass is 276 g/mol. The van der Waals surface area contributed by atoms with Crippen molar-refractivity contribution in [3.05, 3.63) is 45.5 Å². The van der Waals surface area contributed by atoms with Crippen LogP contribution >= 0.6 is 0 Å². The maximum Gasteiger partial charge on any atom is 0.234 e. The topological polar surface area (TPSA) is 55.6 Å². The number of hydrogen-bond acceptors (Lipinski definition) is 4. The standard InChI is InChI=1S/C15H20N2O3/c1-20-9-7-12-10-14(17(18)19)15-13-5-3-2-4-11(13)6-8-16(12)15/h2-5,12,14-15H,6-10H2,1H3/t12-,14-,15+/m1/s1. The van der Waals surface area contributed by atoms with Crippen LogP contribution in [0.1, 0.15) is 30.0 Å². The molecule has 108 valence electrons. The second-order valence-corrected chi connectivity index (χ2v) is 5.66. The summed E-state index contributed by atoms with van der Waals surface area (Å²) in [5.74, 6) is 0. The first kappa shape index (κ1) is 13.5. The van der Waals surface area contributed by atoms with Crippen LogP contribution in [0.15, 0.2) is 24.3 Å². The molecule has 1 aromatic carbocycles. The van der Waals surface area contributed by atoms with Gasteiger partial charge in [0.1, 0.15) is 6.04 Å². The highest BCUT2D eigenvalue weighted by Gasteiger charge is 2.50. The number of hydrogen-bond donors (Lipinski definition) is 0. The van der Waals surface area contributed by atoms with Crippen molar-refractivity contribution < 1.29 is 9.66 Å². The minimum absolute atomic E-state index is 0.0585. The lowest BCUT2D eigenvalue weighted by atomic mass is 9.91. The molecule has 20 heavy (non-hydrogen) atoms. The zero-order valence-electron chi connectivity index (χ0n) is 11.7. The first-order valence-corrected chi connectivity index (χ1v) is 7.18. The summed E-state index contributed by atoms with van der Waals surface area (Å²) in [6, 6.07) is 7.89. The highest BCUT2D eigenvalue weighted by atomic mass is 16.6. The number of benzene rings is 1. The van der Waals surface area contributed by atoms with Crippen molar-refractivity contribution in [2.24, 2.45) is 0 Å². The highest BCUT2D eigenvalue weighted by molar-refractivity contribution is 5.34. The molecule has 0 aromatic heterocycles. The third-order valence-electron chi connectivity index (χ3n) is 4.64. The number of methoxy groups -OCH3 is 1. The molecule has 2 aliphatic rings. The van der Waals surface area contributed by atoms with Gasteiger partial charge in [0.05, 0.1) is 0 Å². The lowest BCUT2D eigenvalue weighted by Crippen LogP contribution is -2.39. The van der Waals surface area contributed by atoms with Crippen molar-refractivity contribution in [3.8, 4) is 0 Å². The van der Waals surface area contributed by atoms with E-state index in [2.05, 4.69) is 17.0 Å². The largest absolute Gasteiger partial charge is 0.385 e. The Morgan fingerprint density at radius 2 is 2.25 bits per heavy atom. The molecule has 0 unspecified atom stereocenters. The smallest absolute Gasteiger partial charge is 0.234 e. The number of ether oxygens (including phenoxy) is 1. The van der Waals surface area contributed by atoms with Gasteiger partial charge in [0.15, 0.2) is 0 Å². The van der Waals surface area contributed by atoms with E-state index in [0.29, 0.717) is 13.0 Å². The Morgan fingerprint density at radius 1 is 1.45 bits per heavy atom. The molecule has 5 heteroatoms. The number of rotatable bonds is 4. The molecule has 0 amide bonds. The first-order chi connectivity index (χ1) is 9.72. The van der Waals surface area contributed by atoms with Gasteiger partial charge in [-0.3, -0.25) is 15.0 Å². The van der Waals surface area contributed by atoms with Crippen molar-refractivity contribution in [2.75, 3.05) is 20.3 Å². The Hall–Kier alpha value is -1.46. The van der Waals surface area contributed by atoms with Gasteiger partial charge in [-0.1, -0.05) is 24.3 Å². The summed E-state index contributed by atoms with van der Waals surface area (Å²) in [7, 11) is 1.68. The maximum absolute atomic E-state index is 11.4. The van der Waals surface area contributed by atoms with Gasteiger partial charge in [0.25, 0.3) is 0 Å². The van der Waals surface area contributed by atoms with Gasteiger partial charge in [-0.25, -0.2) is 0 Å². The molecule has 2 heterocycles. The normalized spacial score (nSPS) is 28.9. The van der Waals surface area contributed by atoms with Crippen LogP contribution in [0.25, 0.3) is 0 Å². The predicted molar refractivity (Wildman–Crippen MR) is 75.3 cm³/mol. The van der Waals surface area contributed by atoms with Crippen LogP contribution in [0.4, 0.5) is 0 Å². The number of fused-ring (bicyclic) bond motifs is 3. The minimum Gasteiger partial charge on any atom is -0.385 e. The molecule has 0 saturated carbocycles. The summed E-state index contributed by atoms with van der Waals surface area (Å²) in [4.78, 5) is 13.7. The fourth-order valence-corrected chi connectivity index (χ4v) is 3.74. The average molecular weight is 276 g/mol. The maximum atomic E-state index is 11.4. The number of nitrogens with zero attached hydrogens (tertiary/aromatic N) is 2. The van der Waals surface area contributed by atoms with E-state index in [1.165, 1.54) is 5.56 Å². The van der Waals surface area contributed by atoms with Crippen LogP contribution in [0.2, 0.25) is 0 Å². The van der Waals surface area contributed by atoms with Gasteiger partial charge >= 0.3 is 0 Å². The molecule has 0 radical (unpaired) electrons.